The Morgan fingerprint density at radius 2 is 0.846 bits per heavy atom. The average Bonchev–Trinajstić information content (AvgIpc) is 4.00. The van der Waals surface area contributed by atoms with Crippen LogP contribution in [0.2, 0.25) is 0 Å². The first kappa shape index (κ1) is 37.7. The van der Waals surface area contributed by atoms with Gasteiger partial charge in [0.05, 0.1) is 5.41 Å². The predicted molar refractivity (Wildman–Crippen MR) is 274 cm³/mol. The molecule has 0 spiro atoms. The van der Waals surface area contributed by atoms with Gasteiger partial charge in [-0.1, -0.05) is 194 Å². The second kappa shape index (κ2) is 14.6. The summed E-state index contributed by atoms with van der Waals surface area (Å²) >= 11 is 1.87. The van der Waals surface area contributed by atoms with Crippen LogP contribution in [0.25, 0.3) is 53.6 Å². The Labute approximate surface area is 384 Å². The molecule has 306 valence electrons. The van der Waals surface area contributed by atoms with Gasteiger partial charge in [-0.05, 0) is 128 Å². The molecule has 10 aromatic carbocycles. The van der Waals surface area contributed by atoms with Crippen LogP contribution < -0.4 is 4.90 Å². The molecule has 1 atom stereocenters. The number of benzene rings is 10. The van der Waals surface area contributed by atoms with E-state index in [1.807, 2.05) is 11.3 Å². The molecule has 1 aromatic heterocycles. The SMILES string of the molecule is CC1(c2ccccc2)c2ccccc2-c2ccc(N(c3ccc(-c4cccc5sc6ccccc6c45)cc3)c3ccc4c(c3)-c3ccccc3C4(c3ccccc3)c3ccccc3)cc21. The van der Waals surface area contributed by atoms with Gasteiger partial charge >= 0.3 is 0 Å². The minimum absolute atomic E-state index is 0.331. The molecule has 0 saturated carbocycles. The van der Waals surface area contributed by atoms with E-state index in [1.54, 1.807) is 0 Å². The summed E-state index contributed by atoms with van der Waals surface area (Å²) in [5, 5.41) is 2.64. The van der Waals surface area contributed by atoms with E-state index in [0.29, 0.717) is 0 Å². The van der Waals surface area contributed by atoms with Gasteiger partial charge in [0.1, 0.15) is 0 Å². The first-order chi connectivity index (χ1) is 32.1. The maximum Gasteiger partial charge on any atom is 0.0713 e. The lowest BCUT2D eigenvalue weighted by Gasteiger charge is -2.34. The third-order valence-electron chi connectivity index (χ3n) is 14.4. The summed E-state index contributed by atoms with van der Waals surface area (Å²) in [6, 6.07) is 90.4. The molecule has 0 amide bonds. The highest BCUT2D eigenvalue weighted by Gasteiger charge is 2.46. The fraction of sp³-hybridized carbons (Fsp3) is 0.0476. The lowest BCUT2D eigenvalue weighted by molar-refractivity contribution is 0.714. The zero-order chi connectivity index (χ0) is 43.1. The van der Waals surface area contributed by atoms with E-state index in [1.165, 1.54) is 92.5 Å². The van der Waals surface area contributed by atoms with Gasteiger partial charge in [0.15, 0.2) is 0 Å². The molecule has 1 nitrogen and oxygen atoms in total. The van der Waals surface area contributed by atoms with Crippen molar-refractivity contribution in [2.24, 2.45) is 0 Å². The molecule has 2 aliphatic carbocycles. The molecule has 0 radical (unpaired) electrons. The fourth-order valence-electron chi connectivity index (χ4n) is 11.5. The second-order valence-corrected chi connectivity index (χ2v) is 18.8. The first-order valence-corrected chi connectivity index (χ1v) is 23.4. The lowest BCUT2D eigenvalue weighted by atomic mass is 9.68. The van der Waals surface area contributed by atoms with Crippen LogP contribution >= 0.6 is 11.3 Å². The Balaban J connectivity index is 1.03. The van der Waals surface area contributed by atoms with E-state index >= 15 is 0 Å². The predicted octanol–water partition coefficient (Wildman–Crippen LogP) is 16.9. The molecule has 65 heavy (non-hydrogen) atoms. The summed E-state index contributed by atoms with van der Waals surface area (Å²) in [5.74, 6) is 0. The standard InChI is InChI=1S/C63H43NS/c1-62(43-18-5-2-6-19-43)55-28-14-11-24-50(55)52-38-36-48(41-58(52)62)64(46-34-32-42(33-35-46)49-27-17-31-60-61(49)53-26-13-16-30-59(53)65-60)47-37-39-57-54(40-47)51-25-12-15-29-56(51)63(57,44-20-7-3-8-21-44)45-22-9-4-10-23-45/h2-41H,1H3. The van der Waals surface area contributed by atoms with Gasteiger partial charge in [0, 0.05) is 42.6 Å². The van der Waals surface area contributed by atoms with E-state index in [2.05, 4.69) is 254 Å². The lowest BCUT2D eigenvalue weighted by Crippen LogP contribution is -2.28. The van der Waals surface area contributed by atoms with E-state index in [4.69, 9.17) is 0 Å². The molecule has 0 bridgehead atoms. The van der Waals surface area contributed by atoms with Crippen molar-refractivity contribution in [1.82, 2.24) is 0 Å². The van der Waals surface area contributed by atoms with Gasteiger partial charge in [-0.25, -0.2) is 0 Å². The summed E-state index contributed by atoms with van der Waals surface area (Å²) in [7, 11) is 0. The van der Waals surface area contributed by atoms with Crippen molar-refractivity contribution in [3.8, 4) is 33.4 Å². The smallest absolute Gasteiger partial charge is 0.0713 e. The van der Waals surface area contributed by atoms with E-state index in [9.17, 15) is 0 Å². The van der Waals surface area contributed by atoms with Gasteiger partial charge in [0.2, 0.25) is 0 Å². The van der Waals surface area contributed by atoms with Crippen molar-refractivity contribution in [3.63, 3.8) is 0 Å². The van der Waals surface area contributed by atoms with Crippen LogP contribution in [0.15, 0.2) is 243 Å². The van der Waals surface area contributed by atoms with Crippen LogP contribution in [0.1, 0.15) is 45.9 Å². The maximum atomic E-state index is 2.48. The van der Waals surface area contributed by atoms with Crippen LogP contribution in [0.3, 0.4) is 0 Å². The molecule has 2 heteroatoms. The molecule has 1 heterocycles. The van der Waals surface area contributed by atoms with Gasteiger partial charge in [-0.15, -0.1) is 11.3 Å². The third kappa shape index (κ3) is 5.51. The molecule has 0 saturated heterocycles. The molecule has 11 aromatic rings. The van der Waals surface area contributed by atoms with E-state index < -0.39 is 5.41 Å². The monoisotopic (exact) mass is 845 g/mol. The molecule has 1 unspecified atom stereocenters. The quantitative estimate of drug-likeness (QED) is 0.154. The normalized spacial score (nSPS) is 15.3. The Morgan fingerprint density at radius 3 is 1.57 bits per heavy atom. The number of hydrogen-bond acceptors (Lipinski definition) is 2. The van der Waals surface area contributed by atoms with Crippen LogP contribution in [0.5, 0.6) is 0 Å². The van der Waals surface area contributed by atoms with Crippen molar-refractivity contribution in [1.29, 1.82) is 0 Å². The van der Waals surface area contributed by atoms with Crippen LogP contribution in [0, 0.1) is 0 Å². The van der Waals surface area contributed by atoms with Gasteiger partial charge in [0.25, 0.3) is 0 Å². The zero-order valence-corrected chi connectivity index (χ0v) is 36.8. The largest absolute Gasteiger partial charge is 0.310 e. The minimum atomic E-state index is -0.469. The Morgan fingerprint density at radius 1 is 0.338 bits per heavy atom. The highest BCUT2D eigenvalue weighted by molar-refractivity contribution is 7.25. The van der Waals surface area contributed by atoms with Gasteiger partial charge < -0.3 is 4.90 Å². The summed E-state index contributed by atoms with van der Waals surface area (Å²) in [5.41, 5.74) is 19.2. The summed E-state index contributed by atoms with van der Waals surface area (Å²) in [6.45, 7) is 2.41. The second-order valence-electron chi connectivity index (χ2n) is 17.7. The summed E-state index contributed by atoms with van der Waals surface area (Å²) in [6.07, 6.45) is 0. The zero-order valence-electron chi connectivity index (χ0n) is 35.9. The molecule has 0 N–H and O–H groups in total. The Hall–Kier alpha value is -7.78. The van der Waals surface area contributed by atoms with Crippen LogP contribution in [-0.4, -0.2) is 0 Å². The molecule has 13 rings (SSSR count). The number of fused-ring (bicyclic) bond motifs is 9. The van der Waals surface area contributed by atoms with Crippen LogP contribution in [0.4, 0.5) is 17.1 Å². The number of nitrogens with zero attached hydrogens (tertiary/aromatic N) is 1. The van der Waals surface area contributed by atoms with Gasteiger partial charge in [-0.3, -0.25) is 0 Å². The molecule has 0 fully saturated rings. The fourth-order valence-corrected chi connectivity index (χ4v) is 12.7. The Bertz CT molecular complexity index is 3570. The van der Waals surface area contributed by atoms with Crippen molar-refractivity contribution in [2.45, 2.75) is 17.8 Å². The first-order valence-electron chi connectivity index (χ1n) is 22.6. The Kier molecular flexibility index (Phi) is 8.50. The van der Waals surface area contributed by atoms with Crippen molar-refractivity contribution >= 4 is 48.6 Å². The molecule has 2 aliphatic rings. The van der Waals surface area contributed by atoms with Crippen molar-refractivity contribution < 1.29 is 0 Å². The number of rotatable bonds is 7. The van der Waals surface area contributed by atoms with Gasteiger partial charge in [-0.2, -0.15) is 0 Å². The molecule has 0 aliphatic heterocycles. The third-order valence-corrected chi connectivity index (χ3v) is 15.6. The maximum absolute atomic E-state index is 2.48. The summed E-state index contributed by atoms with van der Waals surface area (Å²) in [4.78, 5) is 2.48. The highest BCUT2D eigenvalue weighted by atomic mass is 32.1. The summed E-state index contributed by atoms with van der Waals surface area (Å²) < 4.78 is 2.64. The van der Waals surface area contributed by atoms with Crippen molar-refractivity contribution in [3.05, 3.63) is 282 Å². The topological polar surface area (TPSA) is 3.24 Å². The van der Waals surface area contributed by atoms with E-state index in [-0.39, 0.29) is 5.41 Å². The average molecular weight is 846 g/mol. The van der Waals surface area contributed by atoms with E-state index in [0.717, 1.165) is 17.1 Å². The number of thiophene rings is 1. The molecular weight excluding hydrogens is 803 g/mol. The van der Waals surface area contributed by atoms with Crippen molar-refractivity contribution in [2.75, 3.05) is 4.90 Å². The van der Waals surface area contributed by atoms with Crippen LogP contribution in [-0.2, 0) is 10.8 Å². The highest BCUT2D eigenvalue weighted by Crippen LogP contribution is 2.58. The molecular formula is C63H43NS. The number of anilines is 3. The number of hydrogen-bond donors (Lipinski definition) is 0. The minimum Gasteiger partial charge on any atom is -0.310 e.